The topological polar surface area (TPSA) is 44.8 Å². The second-order valence-corrected chi connectivity index (χ2v) is 7.95. The molecule has 1 amide bonds. The summed E-state index contributed by atoms with van der Waals surface area (Å²) < 4.78 is 20.4. The predicted molar refractivity (Wildman–Crippen MR) is 116 cm³/mol. The van der Waals surface area contributed by atoms with Crippen LogP contribution in [-0.4, -0.2) is 45.7 Å². The molecule has 1 aliphatic rings. The van der Waals surface area contributed by atoms with Crippen molar-refractivity contribution in [2.45, 2.75) is 26.3 Å². The molecule has 0 saturated carbocycles. The summed E-state index contributed by atoms with van der Waals surface area (Å²) in [6, 6.07) is 12.4. The van der Waals surface area contributed by atoms with Gasteiger partial charge >= 0.3 is 0 Å². The number of carbonyl (C=O) groups is 1. The maximum Gasteiger partial charge on any atom is 0.258 e. The molecule has 29 heavy (non-hydrogen) atoms. The molecule has 156 valence electrons. The Morgan fingerprint density at radius 2 is 2.00 bits per heavy atom. The lowest BCUT2D eigenvalue weighted by Crippen LogP contribution is -2.30. The van der Waals surface area contributed by atoms with Crippen molar-refractivity contribution < 1.29 is 13.9 Å². The fourth-order valence-corrected chi connectivity index (χ4v) is 3.44. The van der Waals surface area contributed by atoms with Crippen LogP contribution in [0.25, 0.3) is 0 Å². The Bertz CT molecular complexity index is 839. The molecule has 0 bridgehead atoms. The zero-order chi connectivity index (χ0) is 21.0. The molecule has 1 heterocycles. The molecule has 1 saturated heterocycles. The van der Waals surface area contributed by atoms with Gasteiger partial charge in [-0.05, 0) is 61.9 Å². The number of carbonyl (C=O) groups excluding carboxylic acids is 1. The van der Waals surface area contributed by atoms with Crippen molar-refractivity contribution in [2.24, 2.45) is 5.92 Å². The summed E-state index contributed by atoms with van der Waals surface area (Å²) in [5.41, 5.74) is 1.64. The van der Waals surface area contributed by atoms with E-state index in [0.29, 0.717) is 35.5 Å². The van der Waals surface area contributed by atoms with E-state index in [1.54, 1.807) is 43.4 Å². The first-order valence-electron chi connectivity index (χ1n) is 10.1. The number of nitrogens with zero attached hydrogens (tertiary/aromatic N) is 2. The fourth-order valence-electron chi connectivity index (χ4n) is 3.44. The first-order chi connectivity index (χ1) is 13.9. The second-order valence-electron chi connectivity index (χ2n) is 7.95. The molecular formula is C23H30FN3O2. The molecular weight excluding hydrogens is 369 g/mol. The van der Waals surface area contributed by atoms with Crippen molar-refractivity contribution in [3.05, 3.63) is 53.8 Å². The van der Waals surface area contributed by atoms with Gasteiger partial charge < -0.3 is 19.9 Å². The Hall–Kier alpha value is -2.60. The van der Waals surface area contributed by atoms with E-state index in [0.717, 1.165) is 25.3 Å². The summed E-state index contributed by atoms with van der Waals surface area (Å²) in [6.45, 7) is 6.40. The van der Waals surface area contributed by atoms with E-state index < -0.39 is 0 Å². The molecule has 0 spiro atoms. The van der Waals surface area contributed by atoms with Gasteiger partial charge in [-0.15, -0.1) is 0 Å². The van der Waals surface area contributed by atoms with Crippen molar-refractivity contribution in [3.8, 4) is 5.75 Å². The summed E-state index contributed by atoms with van der Waals surface area (Å²) in [5.74, 6) is 0.670. The molecule has 0 aliphatic carbocycles. The number of anilines is 2. The van der Waals surface area contributed by atoms with Crippen molar-refractivity contribution in [1.29, 1.82) is 0 Å². The first-order valence-corrected chi connectivity index (χ1v) is 10.1. The number of ether oxygens (including phenoxy) is 1. The minimum Gasteiger partial charge on any atom is -0.493 e. The smallest absolute Gasteiger partial charge is 0.258 e. The van der Waals surface area contributed by atoms with Gasteiger partial charge in [-0.25, -0.2) is 4.39 Å². The number of likely N-dealkylation sites (N-methyl/N-ethyl adjacent to an activating group) is 1. The van der Waals surface area contributed by atoms with E-state index in [2.05, 4.69) is 19.2 Å². The maximum atomic E-state index is 14.7. The Morgan fingerprint density at radius 3 is 2.59 bits per heavy atom. The van der Waals surface area contributed by atoms with Crippen LogP contribution in [0.1, 0.15) is 30.6 Å². The molecule has 3 rings (SSSR count). The minimum absolute atomic E-state index is 0.191. The van der Waals surface area contributed by atoms with Crippen molar-refractivity contribution in [3.63, 3.8) is 0 Å². The van der Waals surface area contributed by atoms with Crippen LogP contribution in [0, 0.1) is 11.7 Å². The highest BCUT2D eigenvalue weighted by Crippen LogP contribution is 2.28. The molecule has 1 fully saturated rings. The van der Waals surface area contributed by atoms with Gasteiger partial charge in [0.1, 0.15) is 11.6 Å². The van der Waals surface area contributed by atoms with Gasteiger partial charge in [0.2, 0.25) is 0 Å². The van der Waals surface area contributed by atoms with E-state index >= 15 is 0 Å². The molecule has 1 atom stereocenters. The third-order valence-electron chi connectivity index (χ3n) is 5.24. The van der Waals surface area contributed by atoms with Gasteiger partial charge in [0.25, 0.3) is 5.91 Å². The number of nitrogens with one attached hydrogen (secondary N) is 1. The zero-order valence-corrected chi connectivity index (χ0v) is 17.6. The third-order valence-corrected chi connectivity index (χ3v) is 5.24. The lowest BCUT2D eigenvalue weighted by Gasteiger charge is -2.22. The van der Waals surface area contributed by atoms with Crippen LogP contribution in [0.15, 0.2) is 42.5 Å². The van der Waals surface area contributed by atoms with Crippen LogP contribution in [0.2, 0.25) is 0 Å². The second kappa shape index (κ2) is 9.27. The number of benzene rings is 2. The molecule has 0 aromatic heterocycles. The van der Waals surface area contributed by atoms with Crippen LogP contribution < -0.4 is 19.9 Å². The van der Waals surface area contributed by atoms with E-state index in [9.17, 15) is 9.18 Å². The molecule has 2 aromatic carbocycles. The SMILES string of the molecule is CNC1CCN(c2ccc(N(C)C(=O)c3ccc(OCC(C)C)cc3)cc2F)C1. The van der Waals surface area contributed by atoms with E-state index in [1.165, 1.54) is 11.0 Å². The molecule has 1 N–H and O–H groups in total. The van der Waals surface area contributed by atoms with Gasteiger partial charge in [-0.3, -0.25) is 4.79 Å². The summed E-state index contributed by atoms with van der Waals surface area (Å²) in [4.78, 5) is 16.3. The van der Waals surface area contributed by atoms with Gasteiger partial charge in [0.05, 0.1) is 12.3 Å². The highest BCUT2D eigenvalue weighted by molar-refractivity contribution is 6.05. The minimum atomic E-state index is -0.309. The normalized spacial score (nSPS) is 16.3. The predicted octanol–water partition coefficient (Wildman–Crippen LogP) is 3.94. The summed E-state index contributed by atoms with van der Waals surface area (Å²) in [7, 11) is 3.59. The highest BCUT2D eigenvalue weighted by atomic mass is 19.1. The van der Waals surface area contributed by atoms with E-state index in [1.807, 2.05) is 11.9 Å². The zero-order valence-electron chi connectivity index (χ0n) is 17.6. The first kappa shape index (κ1) is 21.1. The summed E-state index contributed by atoms with van der Waals surface area (Å²) in [5, 5.41) is 3.24. The van der Waals surface area contributed by atoms with Gasteiger partial charge in [0.15, 0.2) is 0 Å². The molecule has 1 unspecified atom stereocenters. The molecule has 6 heteroatoms. The Kier molecular flexibility index (Phi) is 6.75. The number of amides is 1. The van der Waals surface area contributed by atoms with E-state index in [4.69, 9.17) is 4.74 Å². The molecule has 0 radical (unpaired) electrons. The Labute approximate surface area is 172 Å². The van der Waals surface area contributed by atoms with Gasteiger partial charge in [-0.1, -0.05) is 13.8 Å². The monoisotopic (exact) mass is 399 g/mol. The lowest BCUT2D eigenvalue weighted by molar-refractivity contribution is 0.0993. The lowest BCUT2D eigenvalue weighted by atomic mass is 10.1. The largest absolute Gasteiger partial charge is 0.493 e. The standard InChI is InChI=1S/C23H30FN3O2/c1-16(2)15-29-20-8-5-17(6-9-20)23(28)26(4)19-7-10-22(21(24)13-19)27-12-11-18(14-27)25-3/h5-10,13,16,18,25H,11-12,14-15H2,1-4H3. The average molecular weight is 400 g/mol. The highest BCUT2D eigenvalue weighted by Gasteiger charge is 2.24. The van der Waals surface area contributed by atoms with E-state index in [-0.39, 0.29) is 11.7 Å². The van der Waals surface area contributed by atoms with Crippen LogP contribution in [0.4, 0.5) is 15.8 Å². The van der Waals surface area contributed by atoms with Crippen LogP contribution in [0.3, 0.4) is 0 Å². The van der Waals surface area contributed by atoms with Gasteiger partial charge in [-0.2, -0.15) is 0 Å². The third kappa shape index (κ3) is 5.07. The van der Waals surface area contributed by atoms with Crippen LogP contribution in [-0.2, 0) is 0 Å². The maximum absolute atomic E-state index is 14.7. The van der Waals surface area contributed by atoms with Crippen molar-refractivity contribution in [2.75, 3.05) is 43.6 Å². The van der Waals surface area contributed by atoms with Gasteiger partial charge in [0, 0.05) is 37.4 Å². The number of halogens is 1. The van der Waals surface area contributed by atoms with Crippen molar-refractivity contribution >= 4 is 17.3 Å². The summed E-state index contributed by atoms with van der Waals surface area (Å²) in [6.07, 6.45) is 0.993. The number of hydrogen-bond acceptors (Lipinski definition) is 4. The quantitative estimate of drug-likeness (QED) is 0.766. The summed E-state index contributed by atoms with van der Waals surface area (Å²) >= 11 is 0. The van der Waals surface area contributed by atoms with Crippen LogP contribution in [0.5, 0.6) is 5.75 Å². The average Bonchev–Trinajstić information content (AvgIpc) is 3.20. The molecule has 5 nitrogen and oxygen atoms in total. The molecule has 1 aliphatic heterocycles. The fraction of sp³-hybridized carbons (Fsp3) is 0.435. The van der Waals surface area contributed by atoms with Crippen molar-refractivity contribution in [1.82, 2.24) is 5.32 Å². The van der Waals surface area contributed by atoms with Crippen LogP contribution >= 0.6 is 0 Å². The molecule has 2 aromatic rings. The number of hydrogen-bond donors (Lipinski definition) is 1. The number of rotatable bonds is 7. The Balaban J connectivity index is 1.68. The Morgan fingerprint density at radius 1 is 1.28 bits per heavy atom.